The number of carboxylic acid groups (broad SMARTS) is 1. The van der Waals surface area contributed by atoms with E-state index >= 15 is 0 Å². The van der Waals surface area contributed by atoms with Gasteiger partial charge in [-0.3, -0.25) is 0 Å². The Morgan fingerprint density at radius 2 is 2.22 bits per heavy atom. The molecule has 2 heterocycles. The molecule has 0 aliphatic carbocycles. The van der Waals surface area contributed by atoms with Crippen LogP contribution in [0.3, 0.4) is 0 Å². The number of carbonyl (C=O) groups is 1. The van der Waals surface area contributed by atoms with Gasteiger partial charge in [0.2, 0.25) is 0 Å². The van der Waals surface area contributed by atoms with Crippen LogP contribution in [0, 0.1) is 0 Å². The molecule has 0 aromatic carbocycles. The van der Waals surface area contributed by atoms with Crippen LogP contribution in [0.5, 0.6) is 0 Å². The first-order chi connectivity index (χ1) is 8.59. The molecule has 1 saturated heterocycles. The zero-order chi connectivity index (χ0) is 13.0. The van der Waals surface area contributed by atoms with Crippen molar-refractivity contribution < 1.29 is 19.7 Å². The first-order valence-corrected chi connectivity index (χ1v) is 5.82. The number of rotatable bonds is 4. The molecular weight excluding hydrogens is 236 g/mol. The molecule has 2 rings (SSSR count). The number of aromatic carboxylic acids is 1. The largest absolute Gasteiger partial charge is 0.477 e. The smallest absolute Gasteiger partial charge is 0.354 e. The molecule has 18 heavy (non-hydrogen) atoms. The van der Waals surface area contributed by atoms with Gasteiger partial charge in [-0.15, -0.1) is 0 Å². The summed E-state index contributed by atoms with van der Waals surface area (Å²) < 4.78 is 5.19. The minimum Gasteiger partial charge on any atom is -0.477 e. The SMILES string of the molecule is O=C(O)c1cc(NCC2(O)CCOCC2)ccn1. The van der Waals surface area contributed by atoms with Gasteiger partial charge >= 0.3 is 5.97 Å². The Labute approximate surface area is 105 Å². The van der Waals surface area contributed by atoms with Gasteiger partial charge in [-0.2, -0.15) is 0 Å². The number of anilines is 1. The maximum atomic E-state index is 10.8. The molecule has 1 fully saturated rings. The molecular formula is C12H16N2O4. The standard InChI is InChI=1S/C12H16N2O4/c15-11(16)10-7-9(1-4-13-10)14-8-12(17)2-5-18-6-3-12/h1,4,7,17H,2-3,5-6,8H2,(H,13,14)(H,15,16). The highest BCUT2D eigenvalue weighted by Crippen LogP contribution is 2.21. The lowest BCUT2D eigenvalue weighted by Gasteiger charge is -2.32. The van der Waals surface area contributed by atoms with Crippen LogP contribution in [0.1, 0.15) is 23.3 Å². The highest BCUT2D eigenvalue weighted by molar-refractivity contribution is 5.86. The van der Waals surface area contributed by atoms with E-state index in [0.717, 1.165) is 0 Å². The Morgan fingerprint density at radius 1 is 1.50 bits per heavy atom. The summed E-state index contributed by atoms with van der Waals surface area (Å²) in [7, 11) is 0. The molecule has 6 nitrogen and oxygen atoms in total. The number of aliphatic hydroxyl groups is 1. The molecule has 0 bridgehead atoms. The van der Waals surface area contributed by atoms with E-state index in [1.807, 2.05) is 0 Å². The monoisotopic (exact) mass is 252 g/mol. The van der Waals surface area contributed by atoms with E-state index in [9.17, 15) is 9.90 Å². The van der Waals surface area contributed by atoms with Gasteiger partial charge in [0, 0.05) is 44.5 Å². The van der Waals surface area contributed by atoms with Crippen molar-refractivity contribution in [1.29, 1.82) is 0 Å². The summed E-state index contributed by atoms with van der Waals surface area (Å²) in [5.74, 6) is -1.07. The molecule has 0 radical (unpaired) electrons. The molecule has 0 amide bonds. The van der Waals surface area contributed by atoms with E-state index in [0.29, 0.717) is 38.3 Å². The van der Waals surface area contributed by atoms with Gasteiger partial charge in [-0.1, -0.05) is 0 Å². The maximum Gasteiger partial charge on any atom is 0.354 e. The summed E-state index contributed by atoms with van der Waals surface area (Å²) in [4.78, 5) is 14.5. The number of nitrogens with zero attached hydrogens (tertiary/aromatic N) is 1. The fraction of sp³-hybridized carbons (Fsp3) is 0.500. The van der Waals surface area contributed by atoms with Crippen LogP contribution >= 0.6 is 0 Å². The van der Waals surface area contributed by atoms with Gasteiger partial charge in [0.25, 0.3) is 0 Å². The third kappa shape index (κ3) is 3.18. The number of nitrogens with one attached hydrogen (secondary N) is 1. The van der Waals surface area contributed by atoms with Crippen LogP contribution in [-0.2, 0) is 4.74 Å². The molecule has 3 N–H and O–H groups in total. The summed E-state index contributed by atoms with van der Waals surface area (Å²) >= 11 is 0. The van der Waals surface area contributed by atoms with Crippen molar-refractivity contribution in [3.8, 4) is 0 Å². The Hall–Kier alpha value is -1.66. The average Bonchev–Trinajstić information content (AvgIpc) is 2.38. The number of aromatic nitrogens is 1. The van der Waals surface area contributed by atoms with Gasteiger partial charge in [0.1, 0.15) is 5.69 Å². The Kier molecular flexibility index (Phi) is 3.78. The van der Waals surface area contributed by atoms with Crippen LogP contribution in [0.2, 0.25) is 0 Å². The first-order valence-electron chi connectivity index (χ1n) is 5.82. The summed E-state index contributed by atoms with van der Waals surface area (Å²) in [5.41, 5.74) is -0.161. The predicted molar refractivity (Wildman–Crippen MR) is 64.7 cm³/mol. The van der Waals surface area contributed by atoms with Gasteiger partial charge in [-0.25, -0.2) is 9.78 Å². The number of carboxylic acids is 1. The van der Waals surface area contributed by atoms with Crippen LogP contribution in [-0.4, -0.2) is 46.5 Å². The zero-order valence-corrected chi connectivity index (χ0v) is 9.93. The van der Waals surface area contributed by atoms with Crippen LogP contribution in [0.15, 0.2) is 18.3 Å². The van der Waals surface area contributed by atoms with Gasteiger partial charge in [0.15, 0.2) is 0 Å². The van der Waals surface area contributed by atoms with Crippen molar-refractivity contribution in [3.05, 3.63) is 24.0 Å². The lowest BCUT2D eigenvalue weighted by atomic mass is 9.94. The van der Waals surface area contributed by atoms with Crippen molar-refractivity contribution >= 4 is 11.7 Å². The third-order valence-corrected chi connectivity index (χ3v) is 3.02. The summed E-state index contributed by atoms with van der Waals surface area (Å²) in [6.07, 6.45) is 2.59. The van der Waals surface area contributed by atoms with Crippen molar-refractivity contribution in [2.24, 2.45) is 0 Å². The van der Waals surface area contributed by atoms with E-state index in [1.54, 1.807) is 6.07 Å². The van der Waals surface area contributed by atoms with E-state index in [-0.39, 0.29) is 5.69 Å². The molecule has 0 unspecified atom stereocenters. The number of hydrogen-bond donors (Lipinski definition) is 3. The molecule has 1 aromatic rings. The second kappa shape index (κ2) is 5.32. The number of ether oxygens (including phenoxy) is 1. The van der Waals surface area contributed by atoms with Crippen LogP contribution in [0.25, 0.3) is 0 Å². The molecule has 6 heteroatoms. The average molecular weight is 252 g/mol. The summed E-state index contributed by atoms with van der Waals surface area (Å²) in [6, 6.07) is 3.13. The topological polar surface area (TPSA) is 91.7 Å². The van der Waals surface area contributed by atoms with E-state index in [4.69, 9.17) is 9.84 Å². The maximum absolute atomic E-state index is 10.8. The lowest BCUT2D eigenvalue weighted by molar-refractivity contribution is -0.0543. The molecule has 0 spiro atoms. The van der Waals surface area contributed by atoms with Crippen molar-refractivity contribution in [1.82, 2.24) is 4.98 Å². The van der Waals surface area contributed by atoms with Gasteiger partial charge < -0.3 is 20.3 Å². The molecule has 1 aliphatic heterocycles. The fourth-order valence-corrected chi connectivity index (χ4v) is 1.85. The fourth-order valence-electron chi connectivity index (χ4n) is 1.85. The molecule has 98 valence electrons. The molecule has 1 aromatic heterocycles. The predicted octanol–water partition coefficient (Wildman–Crippen LogP) is 0.733. The molecule has 1 aliphatic rings. The van der Waals surface area contributed by atoms with Gasteiger partial charge in [0.05, 0.1) is 5.60 Å². The number of pyridine rings is 1. The first kappa shape index (κ1) is 12.8. The Bertz CT molecular complexity index is 430. The van der Waals surface area contributed by atoms with Crippen molar-refractivity contribution in [2.75, 3.05) is 25.1 Å². The van der Waals surface area contributed by atoms with Crippen molar-refractivity contribution in [3.63, 3.8) is 0 Å². The van der Waals surface area contributed by atoms with Gasteiger partial charge in [-0.05, 0) is 12.1 Å². The van der Waals surface area contributed by atoms with Crippen molar-refractivity contribution in [2.45, 2.75) is 18.4 Å². The highest BCUT2D eigenvalue weighted by Gasteiger charge is 2.29. The van der Waals surface area contributed by atoms with Crippen LogP contribution < -0.4 is 5.32 Å². The summed E-state index contributed by atoms with van der Waals surface area (Å²) in [6.45, 7) is 1.48. The third-order valence-electron chi connectivity index (χ3n) is 3.02. The number of hydrogen-bond acceptors (Lipinski definition) is 5. The minimum absolute atomic E-state index is 0.0148. The normalized spacial score (nSPS) is 18.3. The van der Waals surface area contributed by atoms with E-state index in [1.165, 1.54) is 12.3 Å². The van der Waals surface area contributed by atoms with E-state index in [2.05, 4.69) is 10.3 Å². The lowest BCUT2D eigenvalue weighted by Crippen LogP contribution is -2.42. The Balaban J connectivity index is 1.97. The van der Waals surface area contributed by atoms with E-state index < -0.39 is 11.6 Å². The molecule has 0 atom stereocenters. The quantitative estimate of drug-likeness (QED) is 0.731. The molecule has 0 saturated carbocycles. The second-order valence-corrected chi connectivity index (χ2v) is 4.43. The highest BCUT2D eigenvalue weighted by atomic mass is 16.5. The second-order valence-electron chi connectivity index (χ2n) is 4.43. The summed E-state index contributed by atoms with van der Waals surface area (Å²) in [5, 5.41) is 22.1. The Morgan fingerprint density at radius 3 is 2.89 bits per heavy atom. The minimum atomic E-state index is -1.07. The zero-order valence-electron chi connectivity index (χ0n) is 9.93. The van der Waals surface area contributed by atoms with Crippen LogP contribution in [0.4, 0.5) is 5.69 Å².